The van der Waals surface area contributed by atoms with Crippen LogP contribution in [0.5, 0.6) is 0 Å². The van der Waals surface area contributed by atoms with Gasteiger partial charge >= 0.3 is 5.97 Å². The second kappa shape index (κ2) is 2.88. The van der Waals surface area contributed by atoms with E-state index in [-0.39, 0.29) is 5.56 Å². The Bertz CT molecular complexity index is 241. The van der Waals surface area contributed by atoms with Gasteiger partial charge in [0.2, 0.25) is 0 Å². The van der Waals surface area contributed by atoms with Gasteiger partial charge in [0.1, 0.15) is 12.0 Å². The molecule has 0 spiro atoms. The van der Waals surface area contributed by atoms with E-state index in [1.165, 1.54) is 12.3 Å². The quantitative estimate of drug-likeness (QED) is 0.749. The van der Waals surface area contributed by atoms with E-state index in [0.29, 0.717) is 11.1 Å². The van der Waals surface area contributed by atoms with Gasteiger partial charge in [-0.3, -0.25) is 0 Å². The summed E-state index contributed by atoms with van der Waals surface area (Å²) in [5.74, 6) is -0.339. The maximum atomic E-state index is 10.3. The molecule has 0 radical (unpaired) electrons. The van der Waals surface area contributed by atoms with Crippen LogP contribution in [0.2, 0.25) is 0 Å². The van der Waals surface area contributed by atoms with Crippen LogP contribution in [0.3, 0.4) is 0 Å². The Morgan fingerprint density at radius 2 is 2.50 bits per heavy atom. The first kappa shape index (κ1) is 7.34. The molecule has 0 saturated heterocycles. The van der Waals surface area contributed by atoms with E-state index in [1.807, 2.05) is 0 Å². The predicted octanol–water partition coefficient (Wildman–Crippen LogP) is 1.87. The largest absolute Gasteiger partial charge is 0.478 e. The Labute approximate surface area is 65.8 Å². The summed E-state index contributed by atoms with van der Waals surface area (Å²) in [4.78, 5) is 10.3. The molecule has 0 unspecified atom stereocenters. The van der Waals surface area contributed by atoms with Crippen LogP contribution in [0.15, 0.2) is 16.7 Å². The number of hydrogen-bond acceptors (Lipinski definition) is 2. The highest BCUT2D eigenvalue weighted by Crippen LogP contribution is 2.10. The van der Waals surface area contributed by atoms with Crippen LogP contribution in [0, 0.1) is 0 Å². The van der Waals surface area contributed by atoms with Crippen molar-refractivity contribution >= 4 is 21.9 Å². The number of rotatable bonds is 2. The molecule has 0 amide bonds. The fourth-order valence-corrected chi connectivity index (χ4v) is 0.857. The summed E-state index contributed by atoms with van der Waals surface area (Å²) in [6.07, 6.45) is 1.22. The van der Waals surface area contributed by atoms with Crippen LogP contribution in [0.4, 0.5) is 0 Å². The first-order valence-electron chi connectivity index (χ1n) is 2.60. The van der Waals surface area contributed by atoms with Crippen LogP contribution in [-0.2, 0) is 5.33 Å². The van der Waals surface area contributed by atoms with Crippen LogP contribution < -0.4 is 0 Å². The Morgan fingerprint density at radius 3 is 2.80 bits per heavy atom. The predicted molar refractivity (Wildman–Crippen MR) is 38.3 cm³/mol. The van der Waals surface area contributed by atoms with E-state index in [0.717, 1.165) is 0 Å². The number of carboxylic acid groups (broad SMARTS) is 1. The van der Waals surface area contributed by atoms with E-state index < -0.39 is 5.97 Å². The molecule has 1 rings (SSSR count). The van der Waals surface area contributed by atoms with Crippen molar-refractivity contribution in [2.75, 3.05) is 0 Å². The molecule has 0 aliphatic heterocycles. The van der Waals surface area contributed by atoms with E-state index >= 15 is 0 Å². The third-order valence-corrected chi connectivity index (χ3v) is 1.59. The van der Waals surface area contributed by atoms with Gasteiger partial charge in [-0.15, -0.1) is 0 Å². The molecule has 1 heterocycles. The molecule has 1 aromatic rings. The van der Waals surface area contributed by atoms with E-state index in [9.17, 15) is 4.79 Å². The van der Waals surface area contributed by atoms with Gasteiger partial charge in [0, 0.05) is 0 Å². The highest BCUT2D eigenvalue weighted by atomic mass is 79.9. The first-order chi connectivity index (χ1) is 4.74. The Morgan fingerprint density at radius 1 is 1.80 bits per heavy atom. The Kier molecular flexibility index (Phi) is 2.11. The van der Waals surface area contributed by atoms with Gasteiger partial charge < -0.3 is 9.52 Å². The van der Waals surface area contributed by atoms with Crippen molar-refractivity contribution in [1.29, 1.82) is 0 Å². The summed E-state index contributed by atoms with van der Waals surface area (Å²) in [5.41, 5.74) is 0.189. The minimum atomic E-state index is -0.962. The highest BCUT2D eigenvalue weighted by molar-refractivity contribution is 9.08. The van der Waals surface area contributed by atoms with Crippen LogP contribution in [0.25, 0.3) is 0 Å². The Hall–Kier alpha value is -0.770. The minimum Gasteiger partial charge on any atom is -0.478 e. The molecule has 0 fully saturated rings. The van der Waals surface area contributed by atoms with E-state index in [1.54, 1.807) is 0 Å². The van der Waals surface area contributed by atoms with Crippen molar-refractivity contribution in [1.82, 2.24) is 0 Å². The van der Waals surface area contributed by atoms with Gasteiger partial charge in [-0.05, 0) is 6.07 Å². The van der Waals surface area contributed by atoms with Gasteiger partial charge in [-0.1, -0.05) is 15.9 Å². The van der Waals surface area contributed by atoms with Crippen molar-refractivity contribution in [2.45, 2.75) is 5.33 Å². The lowest BCUT2D eigenvalue weighted by atomic mass is 10.3. The summed E-state index contributed by atoms with van der Waals surface area (Å²) in [6.45, 7) is 0. The maximum Gasteiger partial charge on any atom is 0.338 e. The summed E-state index contributed by atoms with van der Waals surface area (Å²) < 4.78 is 4.85. The molecule has 0 aliphatic carbocycles. The molecule has 1 aromatic heterocycles. The Balaban J connectivity index is 2.88. The molecular formula is C6H5BrO3. The van der Waals surface area contributed by atoms with Crippen molar-refractivity contribution in [3.8, 4) is 0 Å². The monoisotopic (exact) mass is 204 g/mol. The fraction of sp³-hybridized carbons (Fsp3) is 0.167. The second-order valence-electron chi connectivity index (χ2n) is 1.74. The second-order valence-corrected chi connectivity index (χ2v) is 2.30. The molecule has 0 bridgehead atoms. The van der Waals surface area contributed by atoms with Crippen molar-refractivity contribution in [3.63, 3.8) is 0 Å². The molecule has 0 atom stereocenters. The fourth-order valence-electron chi connectivity index (χ4n) is 0.563. The minimum absolute atomic E-state index is 0.189. The average Bonchev–Trinajstić information content (AvgIpc) is 2.34. The third-order valence-electron chi connectivity index (χ3n) is 1.03. The van der Waals surface area contributed by atoms with Crippen molar-refractivity contribution in [2.24, 2.45) is 0 Å². The zero-order chi connectivity index (χ0) is 7.56. The molecule has 1 N–H and O–H groups in total. The van der Waals surface area contributed by atoms with Crippen LogP contribution >= 0.6 is 15.9 Å². The van der Waals surface area contributed by atoms with Crippen molar-refractivity contribution < 1.29 is 14.3 Å². The molecule has 10 heavy (non-hydrogen) atoms. The van der Waals surface area contributed by atoms with Gasteiger partial charge in [0.05, 0.1) is 10.9 Å². The molecular weight excluding hydrogens is 200 g/mol. The zero-order valence-electron chi connectivity index (χ0n) is 5.00. The topological polar surface area (TPSA) is 50.4 Å². The van der Waals surface area contributed by atoms with Crippen LogP contribution in [0.1, 0.15) is 16.1 Å². The summed E-state index contributed by atoms with van der Waals surface area (Å²) in [5, 5.41) is 8.96. The summed E-state index contributed by atoms with van der Waals surface area (Å²) >= 11 is 3.13. The molecule has 3 nitrogen and oxygen atoms in total. The lowest BCUT2D eigenvalue weighted by Crippen LogP contribution is -1.91. The van der Waals surface area contributed by atoms with Gasteiger partial charge in [0.25, 0.3) is 0 Å². The number of furan rings is 1. The summed E-state index contributed by atoms with van der Waals surface area (Å²) in [6, 6.07) is 1.48. The number of alkyl halides is 1. The van der Waals surface area contributed by atoms with Crippen molar-refractivity contribution in [3.05, 3.63) is 23.7 Å². The number of carbonyl (C=O) groups is 1. The van der Waals surface area contributed by atoms with Gasteiger partial charge in [0.15, 0.2) is 0 Å². The molecule has 4 heteroatoms. The molecule has 54 valence electrons. The van der Waals surface area contributed by atoms with E-state index in [4.69, 9.17) is 9.52 Å². The number of hydrogen-bond donors (Lipinski definition) is 1. The molecule has 0 aliphatic rings. The average molecular weight is 205 g/mol. The van der Waals surface area contributed by atoms with Gasteiger partial charge in [-0.25, -0.2) is 4.79 Å². The lowest BCUT2D eigenvalue weighted by molar-refractivity contribution is 0.0696. The van der Waals surface area contributed by atoms with E-state index in [2.05, 4.69) is 15.9 Å². The van der Waals surface area contributed by atoms with Gasteiger partial charge in [-0.2, -0.15) is 0 Å². The third kappa shape index (κ3) is 1.39. The number of aromatic carboxylic acids is 1. The number of halogens is 1. The summed E-state index contributed by atoms with van der Waals surface area (Å²) in [7, 11) is 0. The standard InChI is InChI=1S/C6H5BrO3/c7-2-5-1-4(3-10-5)6(8)9/h1,3H,2H2,(H,8,9). The molecule has 0 aromatic carbocycles. The molecule has 0 saturated carbocycles. The van der Waals surface area contributed by atoms with Crippen LogP contribution in [-0.4, -0.2) is 11.1 Å². The number of carboxylic acids is 1. The highest BCUT2D eigenvalue weighted by Gasteiger charge is 2.05. The smallest absolute Gasteiger partial charge is 0.338 e. The maximum absolute atomic E-state index is 10.3. The zero-order valence-corrected chi connectivity index (χ0v) is 6.59. The SMILES string of the molecule is O=C(O)c1coc(CBr)c1. The lowest BCUT2D eigenvalue weighted by Gasteiger charge is -1.79. The normalized spacial score (nSPS) is 9.70. The first-order valence-corrected chi connectivity index (χ1v) is 3.73.